The lowest BCUT2D eigenvalue weighted by molar-refractivity contribution is -0.141. The summed E-state index contributed by atoms with van der Waals surface area (Å²) in [6, 6.07) is 0.111. The van der Waals surface area contributed by atoms with Gasteiger partial charge in [0.05, 0.1) is 0 Å². The third kappa shape index (κ3) is 2.51. The summed E-state index contributed by atoms with van der Waals surface area (Å²) in [6.45, 7) is 0.384. The molecule has 0 aromatic carbocycles. The average Bonchev–Trinajstić information content (AvgIpc) is 2.64. The molecule has 2 atom stereocenters. The smallest absolute Gasteiger partial charge is 0.251 e. The first-order valence-corrected chi connectivity index (χ1v) is 5.90. The number of rotatable bonds is 1. The van der Waals surface area contributed by atoms with Crippen LogP contribution in [0.3, 0.4) is 0 Å². The van der Waals surface area contributed by atoms with Gasteiger partial charge in [0, 0.05) is 37.9 Å². The zero-order valence-corrected chi connectivity index (χ0v) is 9.29. The number of hydrogen-bond donors (Lipinski definition) is 1. The highest BCUT2D eigenvalue weighted by atomic mass is 19.3. The minimum Gasteiger partial charge on any atom is -0.342 e. The van der Waals surface area contributed by atoms with Crippen molar-refractivity contribution in [3.05, 3.63) is 0 Å². The molecule has 16 heavy (non-hydrogen) atoms. The van der Waals surface area contributed by atoms with Gasteiger partial charge in [0.15, 0.2) is 0 Å². The van der Waals surface area contributed by atoms with Crippen LogP contribution in [0.2, 0.25) is 0 Å². The van der Waals surface area contributed by atoms with E-state index in [1.54, 1.807) is 4.90 Å². The van der Waals surface area contributed by atoms with Crippen molar-refractivity contribution in [2.24, 2.45) is 11.7 Å². The summed E-state index contributed by atoms with van der Waals surface area (Å²) in [6.07, 6.45) is 2.01. The molecule has 2 aliphatic rings. The van der Waals surface area contributed by atoms with Gasteiger partial charge in [-0.1, -0.05) is 0 Å². The maximum atomic E-state index is 12.9. The third-order valence-electron chi connectivity index (χ3n) is 3.63. The minimum atomic E-state index is -2.58. The zero-order valence-electron chi connectivity index (χ0n) is 9.29. The van der Waals surface area contributed by atoms with Crippen molar-refractivity contribution in [2.75, 3.05) is 13.1 Å². The third-order valence-corrected chi connectivity index (χ3v) is 3.63. The van der Waals surface area contributed by atoms with Gasteiger partial charge in [-0.2, -0.15) is 0 Å². The lowest BCUT2D eigenvalue weighted by Gasteiger charge is -2.33. The second-order valence-corrected chi connectivity index (χ2v) is 4.95. The van der Waals surface area contributed by atoms with Gasteiger partial charge in [-0.15, -0.1) is 0 Å². The Morgan fingerprint density at radius 2 is 1.88 bits per heavy atom. The Labute approximate surface area is 94.0 Å². The molecule has 1 aliphatic heterocycles. The monoisotopic (exact) mass is 232 g/mol. The van der Waals surface area contributed by atoms with Gasteiger partial charge in [-0.25, -0.2) is 8.78 Å². The van der Waals surface area contributed by atoms with Crippen molar-refractivity contribution >= 4 is 5.91 Å². The van der Waals surface area contributed by atoms with Gasteiger partial charge in [0.1, 0.15) is 0 Å². The molecular weight excluding hydrogens is 214 g/mol. The van der Waals surface area contributed by atoms with Crippen LogP contribution in [-0.4, -0.2) is 35.9 Å². The van der Waals surface area contributed by atoms with E-state index in [1.807, 2.05) is 0 Å². The fourth-order valence-electron chi connectivity index (χ4n) is 2.55. The number of amides is 1. The normalized spacial score (nSPS) is 34.1. The summed E-state index contributed by atoms with van der Waals surface area (Å²) in [7, 11) is 0. The lowest BCUT2D eigenvalue weighted by atomic mass is 10.0. The van der Waals surface area contributed by atoms with Crippen molar-refractivity contribution in [3.63, 3.8) is 0 Å². The molecule has 0 unspecified atom stereocenters. The molecule has 92 valence electrons. The van der Waals surface area contributed by atoms with Gasteiger partial charge >= 0.3 is 0 Å². The number of carbonyl (C=O) groups excluding carboxylic acids is 1. The molecule has 1 aliphatic carbocycles. The number of likely N-dealkylation sites (tertiary alicyclic amines) is 1. The largest absolute Gasteiger partial charge is 0.342 e. The summed E-state index contributed by atoms with van der Waals surface area (Å²) >= 11 is 0. The first kappa shape index (κ1) is 11.8. The lowest BCUT2D eigenvalue weighted by Crippen LogP contribution is -2.45. The standard InChI is InChI=1S/C11H18F2N2O/c12-11(13)3-5-15(6-4-11)10(16)8-1-2-9(14)7-8/h8-9H,1-7,14H2/t8-,9+/m1/s1. The number of nitrogens with zero attached hydrogens (tertiary/aromatic N) is 1. The van der Waals surface area contributed by atoms with Crippen molar-refractivity contribution in [3.8, 4) is 0 Å². The van der Waals surface area contributed by atoms with E-state index in [2.05, 4.69) is 0 Å². The van der Waals surface area contributed by atoms with Crippen LogP contribution in [0.4, 0.5) is 8.78 Å². The van der Waals surface area contributed by atoms with Crippen LogP contribution in [0.5, 0.6) is 0 Å². The van der Waals surface area contributed by atoms with Gasteiger partial charge in [0.2, 0.25) is 5.91 Å². The fourth-order valence-corrected chi connectivity index (χ4v) is 2.55. The van der Waals surface area contributed by atoms with Crippen LogP contribution >= 0.6 is 0 Å². The molecule has 2 fully saturated rings. The van der Waals surface area contributed by atoms with Crippen molar-refractivity contribution in [2.45, 2.75) is 44.1 Å². The molecule has 1 heterocycles. The first-order chi connectivity index (χ1) is 7.48. The van der Waals surface area contributed by atoms with E-state index >= 15 is 0 Å². The minimum absolute atomic E-state index is 0.0262. The van der Waals surface area contributed by atoms with Crippen LogP contribution in [0.1, 0.15) is 32.1 Å². The first-order valence-electron chi connectivity index (χ1n) is 5.90. The molecule has 2 rings (SSSR count). The van der Waals surface area contributed by atoms with E-state index in [4.69, 9.17) is 5.73 Å². The molecule has 1 saturated heterocycles. The quantitative estimate of drug-likeness (QED) is 0.742. The molecule has 0 bridgehead atoms. The Morgan fingerprint density at radius 1 is 1.25 bits per heavy atom. The molecule has 0 spiro atoms. The topological polar surface area (TPSA) is 46.3 Å². The molecule has 3 nitrogen and oxygen atoms in total. The van der Waals surface area contributed by atoms with E-state index in [9.17, 15) is 13.6 Å². The number of piperidine rings is 1. The highest BCUT2D eigenvalue weighted by Crippen LogP contribution is 2.31. The Hall–Kier alpha value is -0.710. The maximum absolute atomic E-state index is 12.9. The van der Waals surface area contributed by atoms with E-state index in [1.165, 1.54) is 0 Å². The molecule has 1 saturated carbocycles. The molecule has 0 aromatic rings. The number of hydrogen-bond acceptors (Lipinski definition) is 2. The number of carbonyl (C=O) groups is 1. The van der Waals surface area contributed by atoms with Crippen LogP contribution < -0.4 is 5.73 Å². The molecule has 5 heteroatoms. The van der Waals surface area contributed by atoms with Gasteiger partial charge in [0.25, 0.3) is 5.92 Å². The summed E-state index contributed by atoms with van der Waals surface area (Å²) in [5.41, 5.74) is 5.74. The van der Waals surface area contributed by atoms with Gasteiger partial charge in [-0.3, -0.25) is 4.79 Å². The summed E-state index contributed by atoms with van der Waals surface area (Å²) in [5.74, 6) is -2.58. The number of halogens is 2. The van der Waals surface area contributed by atoms with E-state index in [0.717, 1.165) is 12.8 Å². The SMILES string of the molecule is N[C@H]1CC[C@@H](C(=O)N2CCC(F)(F)CC2)C1. The number of alkyl halides is 2. The molecule has 1 amide bonds. The van der Waals surface area contributed by atoms with E-state index < -0.39 is 5.92 Å². The Balaban J connectivity index is 1.87. The van der Waals surface area contributed by atoms with Crippen LogP contribution in [-0.2, 0) is 4.79 Å². The van der Waals surface area contributed by atoms with Gasteiger partial charge in [-0.05, 0) is 19.3 Å². The zero-order chi connectivity index (χ0) is 11.8. The van der Waals surface area contributed by atoms with Crippen LogP contribution in [0, 0.1) is 5.92 Å². The summed E-state index contributed by atoms with van der Waals surface area (Å²) in [4.78, 5) is 13.6. The average molecular weight is 232 g/mol. The second-order valence-electron chi connectivity index (χ2n) is 4.95. The summed E-state index contributed by atoms with van der Waals surface area (Å²) in [5, 5.41) is 0. The molecular formula is C11H18F2N2O. The van der Waals surface area contributed by atoms with Crippen LogP contribution in [0.25, 0.3) is 0 Å². The van der Waals surface area contributed by atoms with Crippen molar-refractivity contribution in [1.29, 1.82) is 0 Å². The molecule has 0 radical (unpaired) electrons. The highest BCUT2D eigenvalue weighted by molar-refractivity contribution is 5.79. The summed E-state index contributed by atoms with van der Waals surface area (Å²) < 4.78 is 25.8. The van der Waals surface area contributed by atoms with Crippen molar-refractivity contribution in [1.82, 2.24) is 4.90 Å². The Bertz CT molecular complexity index is 273. The van der Waals surface area contributed by atoms with Gasteiger partial charge < -0.3 is 10.6 Å². The Morgan fingerprint density at radius 3 is 2.38 bits per heavy atom. The highest BCUT2D eigenvalue weighted by Gasteiger charge is 2.38. The second kappa shape index (κ2) is 4.28. The fraction of sp³-hybridized carbons (Fsp3) is 0.909. The van der Waals surface area contributed by atoms with Crippen molar-refractivity contribution < 1.29 is 13.6 Å². The molecule has 0 aromatic heterocycles. The van der Waals surface area contributed by atoms with E-state index in [0.29, 0.717) is 6.42 Å². The Kier molecular flexibility index (Phi) is 3.15. The molecule has 2 N–H and O–H groups in total. The maximum Gasteiger partial charge on any atom is 0.251 e. The van der Waals surface area contributed by atoms with Crippen LogP contribution in [0.15, 0.2) is 0 Å². The predicted molar refractivity (Wildman–Crippen MR) is 56.1 cm³/mol. The predicted octanol–water partition coefficient (Wildman–Crippen LogP) is 1.37. The number of nitrogens with two attached hydrogens (primary N) is 1. The van der Waals surface area contributed by atoms with E-state index in [-0.39, 0.29) is 43.8 Å².